The Labute approximate surface area is 203 Å². The Morgan fingerprint density at radius 3 is 1.79 bits per heavy atom. The summed E-state index contributed by atoms with van der Waals surface area (Å²) in [7, 11) is 9.65. The highest BCUT2D eigenvalue weighted by molar-refractivity contribution is 5.95. The second-order valence-electron chi connectivity index (χ2n) is 8.45. The summed E-state index contributed by atoms with van der Waals surface area (Å²) in [6, 6.07) is 22.0. The van der Waals surface area contributed by atoms with Gasteiger partial charge in [-0.2, -0.15) is 0 Å². The van der Waals surface area contributed by atoms with Crippen molar-refractivity contribution in [3.05, 3.63) is 60.7 Å². The van der Waals surface area contributed by atoms with Crippen LogP contribution in [0.2, 0.25) is 0 Å². The second kappa shape index (κ2) is 11.0. The molecule has 1 N–H and O–H groups in total. The number of carbonyl (C=O) groups is 1. The SMILES string of the molecule is CCN(CC)c1c(-c2ccc(N(C)C)cc2)c[c]c(OC(=O)NC)c1-c1ccc(N(C)C)cc1. The summed E-state index contributed by atoms with van der Waals surface area (Å²) in [6.07, 6.45) is -0.518. The molecule has 1 amide bonds. The molecular formula is C28H35N4O2. The van der Waals surface area contributed by atoms with Crippen LogP contribution in [-0.4, -0.2) is 54.4 Å². The number of hydrogen-bond acceptors (Lipinski definition) is 5. The topological polar surface area (TPSA) is 48.1 Å². The van der Waals surface area contributed by atoms with Gasteiger partial charge in [0.05, 0.1) is 5.69 Å². The molecule has 0 heterocycles. The van der Waals surface area contributed by atoms with Crippen molar-refractivity contribution in [1.82, 2.24) is 5.32 Å². The lowest BCUT2D eigenvalue weighted by atomic mass is 9.93. The van der Waals surface area contributed by atoms with E-state index in [1.807, 2.05) is 34.3 Å². The quantitative estimate of drug-likeness (QED) is 0.481. The predicted molar refractivity (Wildman–Crippen MR) is 143 cm³/mol. The molecule has 0 aromatic heterocycles. The van der Waals surface area contributed by atoms with Crippen LogP contribution >= 0.6 is 0 Å². The Morgan fingerprint density at radius 1 is 0.853 bits per heavy atom. The molecule has 0 aliphatic carbocycles. The fourth-order valence-electron chi connectivity index (χ4n) is 3.97. The van der Waals surface area contributed by atoms with Gasteiger partial charge in [-0.25, -0.2) is 4.79 Å². The Balaban J connectivity index is 2.30. The minimum atomic E-state index is -0.518. The molecule has 3 aromatic carbocycles. The molecule has 0 atom stereocenters. The van der Waals surface area contributed by atoms with Gasteiger partial charge in [0.2, 0.25) is 0 Å². The average Bonchev–Trinajstić information content (AvgIpc) is 2.85. The van der Waals surface area contributed by atoms with Crippen LogP contribution < -0.4 is 24.8 Å². The summed E-state index contributed by atoms with van der Waals surface area (Å²) < 4.78 is 5.70. The third kappa shape index (κ3) is 5.28. The summed E-state index contributed by atoms with van der Waals surface area (Å²) >= 11 is 0. The Hall–Kier alpha value is -3.67. The van der Waals surface area contributed by atoms with Crippen molar-refractivity contribution < 1.29 is 9.53 Å². The van der Waals surface area contributed by atoms with Crippen LogP contribution in [0.5, 0.6) is 5.75 Å². The fraction of sp³-hybridized carbons (Fsp3) is 0.321. The summed E-state index contributed by atoms with van der Waals surface area (Å²) in [4.78, 5) is 18.7. The van der Waals surface area contributed by atoms with Crippen LogP contribution in [0.1, 0.15) is 13.8 Å². The molecule has 179 valence electrons. The lowest BCUT2D eigenvalue weighted by Gasteiger charge is -2.29. The van der Waals surface area contributed by atoms with Crippen molar-refractivity contribution in [3.63, 3.8) is 0 Å². The summed E-state index contributed by atoms with van der Waals surface area (Å²) in [5, 5.41) is 2.55. The van der Waals surface area contributed by atoms with Crippen LogP contribution in [-0.2, 0) is 0 Å². The molecule has 34 heavy (non-hydrogen) atoms. The predicted octanol–water partition coefficient (Wildman–Crippen LogP) is 5.52. The smallest absolute Gasteiger partial charge is 0.409 e. The number of carbonyl (C=O) groups excluding carboxylic acids is 1. The molecule has 3 aromatic rings. The highest BCUT2D eigenvalue weighted by Crippen LogP contribution is 2.45. The van der Waals surface area contributed by atoms with Gasteiger partial charge in [0.25, 0.3) is 0 Å². The number of anilines is 3. The van der Waals surface area contributed by atoms with E-state index < -0.39 is 6.09 Å². The Morgan fingerprint density at radius 2 is 1.35 bits per heavy atom. The highest BCUT2D eigenvalue weighted by Gasteiger charge is 2.23. The van der Waals surface area contributed by atoms with Crippen molar-refractivity contribution in [2.45, 2.75) is 13.8 Å². The van der Waals surface area contributed by atoms with Crippen molar-refractivity contribution in [2.75, 3.05) is 63.0 Å². The molecule has 0 spiro atoms. The zero-order chi connectivity index (χ0) is 24.8. The van der Waals surface area contributed by atoms with E-state index in [1.165, 1.54) is 0 Å². The summed E-state index contributed by atoms with van der Waals surface area (Å²) in [5.74, 6) is 0.410. The first-order valence-corrected chi connectivity index (χ1v) is 11.6. The normalized spacial score (nSPS) is 10.6. The summed E-state index contributed by atoms with van der Waals surface area (Å²) in [6.45, 7) is 5.89. The lowest BCUT2D eigenvalue weighted by Crippen LogP contribution is -2.25. The largest absolute Gasteiger partial charge is 0.412 e. The van der Waals surface area contributed by atoms with Crippen molar-refractivity contribution >= 4 is 23.2 Å². The number of nitrogens with one attached hydrogen (secondary N) is 1. The first kappa shape index (κ1) is 25.0. The molecule has 0 unspecified atom stereocenters. The molecule has 0 aliphatic heterocycles. The third-order valence-electron chi connectivity index (χ3n) is 5.91. The van der Waals surface area contributed by atoms with Gasteiger partial charge in [0, 0.05) is 76.9 Å². The minimum Gasteiger partial charge on any atom is -0.409 e. The molecule has 6 nitrogen and oxygen atoms in total. The second-order valence-corrected chi connectivity index (χ2v) is 8.45. The lowest BCUT2D eigenvalue weighted by molar-refractivity contribution is 0.203. The molecular weight excluding hydrogens is 424 g/mol. The van der Waals surface area contributed by atoms with Gasteiger partial charge in [0.1, 0.15) is 0 Å². The van der Waals surface area contributed by atoms with Gasteiger partial charge in [-0.1, -0.05) is 24.3 Å². The molecule has 0 fully saturated rings. The fourth-order valence-corrected chi connectivity index (χ4v) is 3.97. The zero-order valence-electron chi connectivity index (χ0n) is 21.3. The van der Waals surface area contributed by atoms with E-state index in [1.54, 1.807) is 7.05 Å². The number of nitrogens with zero attached hydrogens (tertiary/aromatic N) is 3. The number of amides is 1. The first-order chi connectivity index (χ1) is 16.3. The maximum absolute atomic E-state index is 12.2. The molecule has 1 radical (unpaired) electrons. The van der Waals surface area contributed by atoms with Gasteiger partial charge < -0.3 is 24.8 Å². The standard InChI is InChI=1S/C28H35N4O2/c1-8-32(9-2)27-24(20-10-14-22(15-11-20)30(4)5)18-19-25(34-28(33)29-3)26(27)21-12-16-23(17-13-21)31(6)7/h10-18H,8-9H2,1-7H3,(H,29,33). The highest BCUT2D eigenvalue weighted by atomic mass is 16.6. The van der Waals surface area contributed by atoms with Crippen LogP contribution in [0.15, 0.2) is 54.6 Å². The first-order valence-electron chi connectivity index (χ1n) is 11.6. The maximum atomic E-state index is 12.2. The Kier molecular flexibility index (Phi) is 8.05. The van der Waals surface area contributed by atoms with Crippen LogP contribution in [0, 0.1) is 6.07 Å². The van der Waals surface area contributed by atoms with Gasteiger partial charge in [-0.3, -0.25) is 0 Å². The van der Waals surface area contributed by atoms with E-state index in [-0.39, 0.29) is 0 Å². The molecule has 3 rings (SSSR count). The number of ether oxygens (including phenoxy) is 1. The van der Waals surface area contributed by atoms with E-state index in [2.05, 4.69) is 88.5 Å². The van der Waals surface area contributed by atoms with Crippen molar-refractivity contribution in [3.8, 4) is 28.0 Å². The van der Waals surface area contributed by atoms with E-state index in [9.17, 15) is 4.79 Å². The van der Waals surface area contributed by atoms with Crippen LogP contribution in [0.25, 0.3) is 22.3 Å². The minimum absolute atomic E-state index is 0.410. The molecule has 0 saturated heterocycles. The van der Waals surface area contributed by atoms with Gasteiger partial charge in [-0.05, 0) is 55.3 Å². The van der Waals surface area contributed by atoms with E-state index in [0.717, 1.165) is 52.4 Å². The molecule has 0 aliphatic rings. The maximum Gasteiger partial charge on any atom is 0.412 e. The van der Waals surface area contributed by atoms with Crippen molar-refractivity contribution in [2.24, 2.45) is 0 Å². The van der Waals surface area contributed by atoms with E-state index in [4.69, 9.17) is 4.74 Å². The molecule has 0 bridgehead atoms. The zero-order valence-corrected chi connectivity index (χ0v) is 21.3. The number of hydrogen-bond donors (Lipinski definition) is 1. The van der Waals surface area contributed by atoms with Gasteiger partial charge >= 0.3 is 6.09 Å². The van der Waals surface area contributed by atoms with Gasteiger partial charge in [-0.15, -0.1) is 0 Å². The van der Waals surface area contributed by atoms with E-state index >= 15 is 0 Å². The summed E-state index contributed by atoms with van der Waals surface area (Å²) in [5.41, 5.74) is 7.21. The van der Waals surface area contributed by atoms with Crippen LogP contribution in [0.4, 0.5) is 21.9 Å². The average molecular weight is 460 g/mol. The van der Waals surface area contributed by atoms with Gasteiger partial charge in [0.15, 0.2) is 5.75 Å². The van der Waals surface area contributed by atoms with Crippen molar-refractivity contribution in [1.29, 1.82) is 0 Å². The van der Waals surface area contributed by atoms with Crippen LogP contribution in [0.3, 0.4) is 0 Å². The number of rotatable bonds is 8. The third-order valence-corrected chi connectivity index (χ3v) is 5.91. The molecule has 6 heteroatoms. The van der Waals surface area contributed by atoms with E-state index in [0.29, 0.717) is 5.75 Å². The number of benzene rings is 3. The Bertz CT molecular complexity index is 1100. The monoisotopic (exact) mass is 459 g/mol. The molecule has 0 saturated carbocycles.